The molecule has 1 aliphatic heterocycles. The van der Waals surface area contributed by atoms with Crippen molar-refractivity contribution in [1.82, 2.24) is 0 Å². The van der Waals surface area contributed by atoms with Gasteiger partial charge in [-0.05, 0) is 6.42 Å². The van der Waals surface area contributed by atoms with Gasteiger partial charge in [0.25, 0.3) is 0 Å². The average Bonchev–Trinajstić information content (AvgIpc) is 3.08. The van der Waals surface area contributed by atoms with E-state index >= 15 is 0 Å². The summed E-state index contributed by atoms with van der Waals surface area (Å²) in [6.07, 6.45) is 1.22. The van der Waals surface area contributed by atoms with Gasteiger partial charge in [0.1, 0.15) is 6.10 Å². The van der Waals surface area contributed by atoms with Crippen LogP contribution in [0.1, 0.15) is 6.42 Å². The van der Waals surface area contributed by atoms with Gasteiger partial charge in [0.2, 0.25) is 0 Å². The van der Waals surface area contributed by atoms with E-state index in [1.165, 1.54) is 0 Å². The Labute approximate surface area is 125 Å². The fourth-order valence-corrected chi connectivity index (χ4v) is 3.02. The average molecular weight is 295 g/mol. The first-order valence-electron chi connectivity index (χ1n) is 5.11. The Morgan fingerprint density at radius 1 is 1.11 bits per heavy atom. The van der Waals surface area contributed by atoms with Crippen molar-refractivity contribution < 1.29 is 33.7 Å². The first kappa shape index (κ1) is 23.8. The molecule has 7 nitrogen and oxygen atoms in total. The molecule has 0 spiro atoms. The molecule has 1 rings (SSSR count). The van der Waals surface area contributed by atoms with Gasteiger partial charge in [-0.3, -0.25) is 0 Å². The van der Waals surface area contributed by atoms with E-state index in [0.717, 1.165) is 19.1 Å². The Balaban J connectivity index is -0.000000750. The summed E-state index contributed by atoms with van der Waals surface area (Å²) in [5, 5.41) is 0. The maximum atomic E-state index is 5.42. The molecule has 0 bridgehead atoms. The van der Waals surface area contributed by atoms with Crippen LogP contribution in [0.5, 0.6) is 0 Å². The fraction of sp³-hybridized carbons (Fsp3) is 1.00. The van der Waals surface area contributed by atoms with Crippen LogP contribution in [0, 0.1) is 0 Å². The van der Waals surface area contributed by atoms with Crippen molar-refractivity contribution in [2.75, 3.05) is 41.2 Å². The summed E-state index contributed by atoms with van der Waals surface area (Å²) in [5.74, 6) is 0. The summed E-state index contributed by atoms with van der Waals surface area (Å²) in [6, 6.07) is 0.780. The van der Waals surface area contributed by atoms with E-state index in [2.05, 4.69) is 0 Å². The van der Waals surface area contributed by atoms with Crippen LogP contribution in [-0.2, 0) is 22.8 Å². The van der Waals surface area contributed by atoms with Crippen LogP contribution in [0.2, 0.25) is 6.04 Å². The van der Waals surface area contributed by atoms with E-state index in [0.29, 0.717) is 19.3 Å². The third-order valence-corrected chi connectivity index (χ3v) is 5.24. The van der Waals surface area contributed by atoms with Gasteiger partial charge in [-0.15, -0.1) is 0 Å². The summed E-state index contributed by atoms with van der Waals surface area (Å²) in [7, 11) is 2.48. The summed E-state index contributed by atoms with van der Waals surface area (Å²) in [5.41, 5.74) is 0. The molecule has 0 saturated carbocycles. The Bertz CT molecular complexity index is 170. The largest absolute Gasteiger partial charge is 2.00 e. The second-order valence-electron chi connectivity index (χ2n) is 3.43. The maximum absolute atomic E-state index is 5.42. The van der Waals surface area contributed by atoms with Crippen LogP contribution in [0.15, 0.2) is 0 Å². The Morgan fingerprint density at radius 2 is 1.61 bits per heavy atom. The number of rotatable bonds is 9. The molecule has 0 aromatic rings. The number of hydrogen-bond donors (Lipinski definition) is 0. The SMILES string of the molecule is CO[Si](CCCOCC1CO1)(OC)OC.[Mg+2].[OH-].[OH-]. The molecule has 2 N–H and O–H groups in total. The second kappa shape index (κ2) is 12.7. The van der Waals surface area contributed by atoms with Gasteiger partial charge in [-0.1, -0.05) is 0 Å². The summed E-state index contributed by atoms with van der Waals surface area (Å²) in [6.45, 7) is 2.24. The van der Waals surface area contributed by atoms with Gasteiger partial charge in [0.15, 0.2) is 0 Å². The molecule has 1 aliphatic rings. The van der Waals surface area contributed by atoms with E-state index in [1.54, 1.807) is 21.3 Å². The summed E-state index contributed by atoms with van der Waals surface area (Å²) >= 11 is 0. The molecule has 1 fully saturated rings. The van der Waals surface area contributed by atoms with E-state index in [9.17, 15) is 0 Å². The molecule has 0 radical (unpaired) electrons. The van der Waals surface area contributed by atoms with Crippen LogP contribution in [0.3, 0.4) is 0 Å². The van der Waals surface area contributed by atoms with Gasteiger partial charge in [0.05, 0.1) is 13.2 Å². The predicted octanol–water partition coefficient (Wildman–Crippen LogP) is -0.0644. The molecule has 106 valence electrons. The second-order valence-corrected chi connectivity index (χ2v) is 6.52. The molecule has 0 aliphatic carbocycles. The molecule has 1 unspecified atom stereocenters. The Hall–Kier alpha value is 0.703. The number of hydrogen-bond acceptors (Lipinski definition) is 7. The standard InChI is InChI=1S/C9H20O5Si.Mg.2H2O/c1-10-15(11-2,12-3)6-4-5-13-7-9-8-14-9;;;/h9H,4-8H2,1-3H3;;2*1H2/q;+2;;/p-2. The van der Waals surface area contributed by atoms with Crippen molar-refractivity contribution >= 4 is 31.9 Å². The molecular formula is C9H22MgO7Si. The minimum absolute atomic E-state index is 0. The van der Waals surface area contributed by atoms with E-state index in [1.807, 2.05) is 0 Å². The molecule has 18 heavy (non-hydrogen) atoms. The van der Waals surface area contributed by atoms with Crippen LogP contribution in [-0.4, -0.2) is 90.1 Å². The normalized spacial score (nSPS) is 17.2. The Kier molecular flexibility index (Phi) is 16.8. The zero-order valence-electron chi connectivity index (χ0n) is 11.3. The molecule has 9 heteroatoms. The van der Waals surface area contributed by atoms with Crippen LogP contribution < -0.4 is 0 Å². The molecule has 0 aromatic heterocycles. The number of ether oxygens (including phenoxy) is 2. The monoisotopic (exact) mass is 294 g/mol. The topological polar surface area (TPSA) is 109 Å². The minimum atomic E-state index is -2.39. The van der Waals surface area contributed by atoms with E-state index in [-0.39, 0.29) is 34.0 Å². The molecule has 0 aromatic carbocycles. The smallest absolute Gasteiger partial charge is 0.870 e. The quantitative estimate of drug-likeness (QED) is 0.333. The Morgan fingerprint density at radius 3 is 2.00 bits per heavy atom. The maximum Gasteiger partial charge on any atom is 2.00 e. The van der Waals surface area contributed by atoms with Crippen molar-refractivity contribution in [3.8, 4) is 0 Å². The minimum Gasteiger partial charge on any atom is -0.870 e. The van der Waals surface area contributed by atoms with Crippen molar-refractivity contribution in [3.63, 3.8) is 0 Å². The molecule has 0 amide bonds. The van der Waals surface area contributed by atoms with Gasteiger partial charge < -0.3 is 33.7 Å². The third kappa shape index (κ3) is 8.74. The van der Waals surface area contributed by atoms with Gasteiger partial charge in [0, 0.05) is 34.0 Å². The van der Waals surface area contributed by atoms with Gasteiger partial charge in [-0.25, -0.2) is 0 Å². The van der Waals surface area contributed by atoms with Gasteiger partial charge in [-0.2, -0.15) is 0 Å². The molecule has 1 atom stereocenters. The van der Waals surface area contributed by atoms with Gasteiger partial charge >= 0.3 is 31.9 Å². The van der Waals surface area contributed by atoms with E-state index in [4.69, 9.17) is 22.8 Å². The molecule has 1 heterocycles. The van der Waals surface area contributed by atoms with Crippen LogP contribution in [0.4, 0.5) is 0 Å². The molecular weight excluding hydrogens is 272 g/mol. The fourth-order valence-electron chi connectivity index (χ4n) is 1.33. The molecule has 1 saturated heterocycles. The zero-order chi connectivity index (χ0) is 11.1. The summed E-state index contributed by atoms with van der Waals surface area (Å²) < 4.78 is 26.3. The first-order valence-corrected chi connectivity index (χ1v) is 7.04. The van der Waals surface area contributed by atoms with Crippen LogP contribution in [0.25, 0.3) is 0 Å². The zero-order valence-corrected chi connectivity index (χ0v) is 13.7. The number of epoxide rings is 1. The first-order chi connectivity index (χ1) is 7.26. The van der Waals surface area contributed by atoms with Crippen molar-refractivity contribution in [2.24, 2.45) is 0 Å². The third-order valence-electron chi connectivity index (χ3n) is 2.41. The summed E-state index contributed by atoms with van der Waals surface area (Å²) in [4.78, 5) is 0. The van der Waals surface area contributed by atoms with Crippen LogP contribution >= 0.6 is 0 Å². The van der Waals surface area contributed by atoms with E-state index < -0.39 is 8.80 Å². The van der Waals surface area contributed by atoms with Crippen molar-refractivity contribution in [1.29, 1.82) is 0 Å². The van der Waals surface area contributed by atoms with Crippen molar-refractivity contribution in [2.45, 2.75) is 18.6 Å². The van der Waals surface area contributed by atoms with Crippen molar-refractivity contribution in [3.05, 3.63) is 0 Å². The predicted molar refractivity (Wildman–Crippen MR) is 66.4 cm³/mol.